The number of hydrogen-bond donors (Lipinski definition) is 2. The summed E-state index contributed by atoms with van der Waals surface area (Å²) >= 11 is 0. The summed E-state index contributed by atoms with van der Waals surface area (Å²) < 4.78 is 0. The van der Waals surface area contributed by atoms with E-state index in [2.05, 4.69) is 10.3 Å². The van der Waals surface area contributed by atoms with Crippen molar-refractivity contribution in [3.05, 3.63) is 0 Å². The predicted octanol–water partition coefficient (Wildman–Crippen LogP) is 1.24. The molecule has 0 unspecified atom stereocenters. The van der Waals surface area contributed by atoms with Gasteiger partial charge in [0.25, 0.3) is 0 Å². The van der Waals surface area contributed by atoms with Crippen LogP contribution in [0.1, 0.15) is 38.5 Å². The molecule has 0 amide bonds. The molecular weight excluding hydrogens is 162 g/mol. The minimum atomic E-state index is 0.632. The summed E-state index contributed by atoms with van der Waals surface area (Å²) in [4.78, 5) is 4.37. The van der Waals surface area contributed by atoms with Gasteiger partial charge in [0.15, 0.2) is 5.96 Å². The van der Waals surface area contributed by atoms with E-state index >= 15 is 0 Å². The molecule has 2 aliphatic rings. The fourth-order valence-electron chi connectivity index (χ4n) is 1.90. The Labute approximate surface area is 79.8 Å². The van der Waals surface area contributed by atoms with Crippen molar-refractivity contribution in [1.82, 2.24) is 5.32 Å². The minimum Gasteiger partial charge on any atom is -0.370 e. The van der Waals surface area contributed by atoms with Gasteiger partial charge in [0.05, 0.1) is 0 Å². The lowest BCUT2D eigenvalue weighted by Crippen LogP contribution is -2.33. The van der Waals surface area contributed by atoms with E-state index in [1.807, 2.05) is 0 Å². The molecule has 2 aliphatic carbocycles. The number of nitrogens with one attached hydrogen (secondary N) is 1. The summed E-state index contributed by atoms with van der Waals surface area (Å²) in [5.41, 5.74) is 5.73. The number of aliphatic imine (C=N–C) groups is 1. The molecule has 0 aliphatic heterocycles. The third kappa shape index (κ3) is 2.90. The van der Waals surface area contributed by atoms with Gasteiger partial charge in [-0.05, 0) is 31.6 Å². The van der Waals surface area contributed by atoms with Crippen LogP contribution >= 0.6 is 0 Å². The van der Waals surface area contributed by atoms with Crippen molar-refractivity contribution in [2.75, 3.05) is 6.54 Å². The van der Waals surface area contributed by atoms with Gasteiger partial charge in [-0.2, -0.15) is 0 Å². The number of nitrogens with two attached hydrogens (primary N) is 1. The quantitative estimate of drug-likeness (QED) is 0.508. The zero-order valence-electron chi connectivity index (χ0n) is 8.13. The fraction of sp³-hybridized carbons (Fsp3) is 0.900. The summed E-state index contributed by atoms with van der Waals surface area (Å²) in [6, 6.07) is 0.632. The lowest BCUT2D eigenvalue weighted by Gasteiger charge is -2.06. The molecule has 0 heterocycles. The van der Waals surface area contributed by atoms with Crippen LogP contribution in [0.5, 0.6) is 0 Å². The van der Waals surface area contributed by atoms with Crippen LogP contribution in [-0.2, 0) is 0 Å². The molecule has 2 fully saturated rings. The van der Waals surface area contributed by atoms with E-state index in [4.69, 9.17) is 5.73 Å². The van der Waals surface area contributed by atoms with Crippen molar-refractivity contribution >= 4 is 5.96 Å². The summed E-state index contributed by atoms with van der Waals surface area (Å²) in [6.07, 6.45) is 7.99. The molecular formula is C10H19N3. The number of nitrogens with zero attached hydrogens (tertiary/aromatic N) is 1. The number of rotatable bonds is 3. The van der Waals surface area contributed by atoms with Gasteiger partial charge in [-0.25, -0.2) is 0 Å². The van der Waals surface area contributed by atoms with Crippen molar-refractivity contribution in [1.29, 1.82) is 0 Å². The average Bonchev–Trinajstić information content (AvgIpc) is 2.78. The Hall–Kier alpha value is -0.730. The Morgan fingerprint density at radius 3 is 2.54 bits per heavy atom. The first-order valence-corrected chi connectivity index (χ1v) is 5.41. The summed E-state index contributed by atoms with van der Waals surface area (Å²) in [5.74, 6) is 1.47. The van der Waals surface area contributed by atoms with E-state index in [0.717, 1.165) is 12.5 Å². The van der Waals surface area contributed by atoms with Crippen LogP contribution in [-0.4, -0.2) is 18.5 Å². The molecule has 0 aromatic heterocycles. The Kier molecular flexibility index (Phi) is 2.71. The van der Waals surface area contributed by atoms with Gasteiger partial charge in [-0.3, -0.25) is 4.99 Å². The molecule has 3 nitrogen and oxygen atoms in total. The average molecular weight is 181 g/mol. The van der Waals surface area contributed by atoms with Crippen LogP contribution in [0.25, 0.3) is 0 Å². The number of hydrogen-bond acceptors (Lipinski definition) is 1. The third-order valence-electron chi connectivity index (χ3n) is 2.92. The molecule has 0 atom stereocenters. The van der Waals surface area contributed by atoms with Crippen LogP contribution in [0.3, 0.4) is 0 Å². The van der Waals surface area contributed by atoms with Crippen molar-refractivity contribution < 1.29 is 0 Å². The van der Waals surface area contributed by atoms with E-state index in [9.17, 15) is 0 Å². The van der Waals surface area contributed by atoms with Crippen molar-refractivity contribution in [3.8, 4) is 0 Å². The Morgan fingerprint density at radius 2 is 1.92 bits per heavy atom. The number of guanidine groups is 1. The maximum atomic E-state index is 5.73. The molecule has 0 saturated heterocycles. The highest BCUT2D eigenvalue weighted by Gasteiger charge is 2.21. The normalized spacial score (nSPS) is 25.1. The first kappa shape index (κ1) is 8.85. The SMILES string of the molecule is NC(=NCC1CCCC1)NC1CC1. The fourth-order valence-corrected chi connectivity index (χ4v) is 1.90. The molecule has 0 radical (unpaired) electrons. The van der Waals surface area contributed by atoms with Crippen molar-refractivity contribution in [3.63, 3.8) is 0 Å². The molecule has 74 valence electrons. The second-order valence-electron chi connectivity index (χ2n) is 4.30. The third-order valence-corrected chi connectivity index (χ3v) is 2.92. The molecule has 0 bridgehead atoms. The van der Waals surface area contributed by atoms with E-state index in [1.165, 1.54) is 38.5 Å². The highest BCUT2D eigenvalue weighted by molar-refractivity contribution is 5.78. The minimum absolute atomic E-state index is 0.632. The highest BCUT2D eigenvalue weighted by Crippen LogP contribution is 2.24. The first-order valence-electron chi connectivity index (χ1n) is 5.41. The monoisotopic (exact) mass is 181 g/mol. The summed E-state index contributed by atoms with van der Waals surface area (Å²) in [6.45, 7) is 0.936. The van der Waals surface area contributed by atoms with Crippen molar-refractivity contribution in [2.24, 2.45) is 16.6 Å². The standard InChI is InChI=1S/C10H19N3/c11-10(13-9-5-6-9)12-7-8-3-1-2-4-8/h8-9H,1-7H2,(H3,11,12,13). The smallest absolute Gasteiger partial charge is 0.188 e. The van der Waals surface area contributed by atoms with E-state index in [-0.39, 0.29) is 0 Å². The summed E-state index contributed by atoms with van der Waals surface area (Å²) in [5, 5.41) is 3.21. The molecule has 3 N–H and O–H groups in total. The van der Waals surface area contributed by atoms with Gasteiger partial charge < -0.3 is 11.1 Å². The largest absolute Gasteiger partial charge is 0.370 e. The van der Waals surface area contributed by atoms with E-state index < -0.39 is 0 Å². The molecule has 0 aromatic carbocycles. The lowest BCUT2D eigenvalue weighted by atomic mass is 10.1. The molecule has 13 heavy (non-hydrogen) atoms. The second kappa shape index (κ2) is 3.99. The predicted molar refractivity (Wildman–Crippen MR) is 54.6 cm³/mol. The van der Waals surface area contributed by atoms with Crippen LogP contribution in [0.2, 0.25) is 0 Å². The van der Waals surface area contributed by atoms with Gasteiger partial charge in [-0.15, -0.1) is 0 Å². The van der Waals surface area contributed by atoms with Gasteiger partial charge >= 0.3 is 0 Å². The van der Waals surface area contributed by atoms with Crippen LogP contribution < -0.4 is 11.1 Å². The van der Waals surface area contributed by atoms with Crippen LogP contribution in [0.15, 0.2) is 4.99 Å². The second-order valence-corrected chi connectivity index (χ2v) is 4.30. The topological polar surface area (TPSA) is 50.4 Å². The summed E-state index contributed by atoms with van der Waals surface area (Å²) in [7, 11) is 0. The van der Waals surface area contributed by atoms with E-state index in [1.54, 1.807) is 0 Å². The molecule has 2 rings (SSSR count). The van der Waals surface area contributed by atoms with E-state index in [0.29, 0.717) is 12.0 Å². The van der Waals surface area contributed by atoms with Gasteiger partial charge in [-0.1, -0.05) is 12.8 Å². The van der Waals surface area contributed by atoms with Crippen LogP contribution in [0, 0.1) is 5.92 Å². The Morgan fingerprint density at radius 1 is 1.23 bits per heavy atom. The zero-order valence-corrected chi connectivity index (χ0v) is 8.13. The lowest BCUT2D eigenvalue weighted by molar-refractivity contribution is 0.561. The Balaban J connectivity index is 1.67. The van der Waals surface area contributed by atoms with Gasteiger partial charge in [0.1, 0.15) is 0 Å². The Bertz CT molecular complexity index is 190. The first-order chi connectivity index (χ1) is 6.34. The highest BCUT2D eigenvalue weighted by atomic mass is 15.1. The molecule has 0 aromatic rings. The maximum absolute atomic E-state index is 5.73. The van der Waals surface area contributed by atoms with Gasteiger partial charge in [0.2, 0.25) is 0 Å². The zero-order chi connectivity index (χ0) is 9.10. The molecule has 2 saturated carbocycles. The maximum Gasteiger partial charge on any atom is 0.188 e. The molecule has 3 heteroatoms. The van der Waals surface area contributed by atoms with Crippen LogP contribution in [0.4, 0.5) is 0 Å². The molecule has 0 spiro atoms. The van der Waals surface area contributed by atoms with Gasteiger partial charge in [0, 0.05) is 12.6 Å². The van der Waals surface area contributed by atoms with Crippen molar-refractivity contribution in [2.45, 2.75) is 44.6 Å².